The highest BCUT2D eigenvalue weighted by atomic mass is 35.5. The lowest BCUT2D eigenvalue weighted by Gasteiger charge is -2.05. The topological polar surface area (TPSA) is 50.9 Å². The average Bonchev–Trinajstić information content (AvgIpc) is 2.82. The third-order valence-electron chi connectivity index (χ3n) is 2.39. The second-order valence-electron chi connectivity index (χ2n) is 3.71. The maximum absolute atomic E-state index is 5.86. The molecular formula is C12H14ClN3S. The van der Waals surface area contributed by atoms with E-state index in [1.807, 2.05) is 29.8 Å². The summed E-state index contributed by atoms with van der Waals surface area (Å²) in [6.07, 6.45) is 2.79. The molecule has 0 unspecified atom stereocenters. The van der Waals surface area contributed by atoms with Crippen LogP contribution in [-0.4, -0.2) is 11.5 Å². The summed E-state index contributed by atoms with van der Waals surface area (Å²) < 4.78 is 0. The maximum Gasteiger partial charge on any atom is 0.0937 e. The number of thiazole rings is 1. The zero-order valence-corrected chi connectivity index (χ0v) is 10.9. The maximum atomic E-state index is 5.86. The molecule has 0 spiro atoms. The summed E-state index contributed by atoms with van der Waals surface area (Å²) in [5.41, 5.74) is 7.51. The fraction of sp³-hybridized carbons (Fsp3) is 0.250. The van der Waals surface area contributed by atoms with E-state index in [4.69, 9.17) is 17.3 Å². The predicted octanol–water partition coefficient (Wildman–Crippen LogP) is 2.71. The third-order valence-corrected chi connectivity index (χ3v) is 3.57. The van der Waals surface area contributed by atoms with E-state index < -0.39 is 0 Å². The van der Waals surface area contributed by atoms with Gasteiger partial charge in [-0.2, -0.15) is 0 Å². The van der Waals surface area contributed by atoms with Gasteiger partial charge >= 0.3 is 0 Å². The van der Waals surface area contributed by atoms with Crippen molar-refractivity contribution in [3.05, 3.63) is 45.4 Å². The first kappa shape index (κ1) is 12.4. The van der Waals surface area contributed by atoms with Crippen LogP contribution in [0.15, 0.2) is 29.8 Å². The highest BCUT2D eigenvalue weighted by Gasteiger charge is 1.99. The number of nitrogens with zero attached hydrogens (tertiary/aromatic N) is 1. The summed E-state index contributed by atoms with van der Waals surface area (Å²) in [6.45, 7) is 1.71. The fourth-order valence-corrected chi connectivity index (χ4v) is 2.25. The Balaban J connectivity index is 1.76. The smallest absolute Gasteiger partial charge is 0.0937 e. The minimum absolute atomic E-state index is 0.608. The molecule has 0 bridgehead atoms. The van der Waals surface area contributed by atoms with E-state index in [1.54, 1.807) is 11.3 Å². The Bertz CT molecular complexity index is 471. The number of benzene rings is 1. The van der Waals surface area contributed by atoms with Crippen molar-refractivity contribution < 1.29 is 0 Å². The van der Waals surface area contributed by atoms with Crippen LogP contribution < -0.4 is 11.1 Å². The summed E-state index contributed by atoms with van der Waals surface area (Å²) in [5.74, 6) is 0. The van der Waals surface area contributed by atoms with Crippen LogP contribution >= 0.6 is 22.9 Å². The fourth-order valence-electron chi connectivity index (χ4n) is 1.51. The van der Waals surface area contributed by atoms with E-state index in [-0.39, 0.29) is 0 Å². The van der Waals surface area contributed by atoms with Gasteiger partial charge in [0.1, 0.15) is 0 Å². The lowest BCUT2D eigenvalue weighted by Crippen LogP contribution is -2.16. The van der Waals surface area contributed by atoms with Gasteiger partial charge in [-0.1, -0.05) is 17.7 Å². The minimum atomic E-state index is 0.608. The van der Waals surface area contributed by atoms with Crippen molar-refractivity contribution in [2.45, 2.75) is 13.0 Å². The number of nitrogen functional groups attached to an aromatic ring is 1. The van der Waals surface area contributed by atoms with E-state index in [1.165, 1.54) is 0 Å². The molecule has 5 heteroatoms. The van der Waals surface area contributed by atoms with Crippen molar-refractivity contribution in [2.75, 3.05) is 12.3 Å². The SMILES string of the molecule is Nc1cc(CNCCc2nccs2)ccc1Cl. The van der Waals surface area contributed by atoms with Gasteiger partial charge in [-0.05, 0) is 17.7 Å². The standard InChI is InChI=1S/C12H14ClN3S/c13-10-2-1-9(7-11(10)14)8-15-4-3-12-16-5-6-17-12/h1-2,5-7,15H,3-4,8,14H2. The number of aromatic nitrogens is 1. The first-order chi connectivity index (χ1) is 8.25. The average molecular weight is 268 g/mol. The molecule has 2 rings (SSSR count). The molecule has 3 nitrogen and oxygen atoms in total. The molecule has 3 N–H and O–H groups in total. The van der Waals surface area contributed by atoms with Crippen molar-refractivity contribution in [3.8, 4) is 0 Å². The summed E-state index contributed by atoms with van der Waals surface area (Å²) in [4.78, 5) is 4.23. The largest absolute Gasteiger partial charge is 0.398 e. The molecule has 0 amide bonds. The Morgan fingerprint density at radius 1 is 1.41 bits per heavy atom. The number of anilines is 1. The normalized spacial score (nSPS) is 10.6. The van der Waals surface area contributed by atoms with E-state index in [2.05, 4.69) is 10.3 Å². The molecule has 1 aromatic carbocycles. The van der Waals surface area contributed by atoms with E-state index in [0.717, 1.165) is 30.1 Å². The predicted molar refractivity (Wildman–Crippen MR) is 73.4 cm³/mol. The summed E-state index contributed by atoms with van der Waals surface area (Å²) in [6, 6.07) is 5.71. The zero-order valence-electron chi connectivity index (χ0n) is 9.32. The van der Waals surface area contributed by atoms with Gasteiger partial charge in [-0.15, -0.1) is 11.3 Å². The van der Waals surface area contributed by atoms with Gasteiger partial charge in [0.2, 0.25) is 0 Å². The van der Waals surface area contributed by atoms with Crippen LogP contribution in [0.25, 0.3) is 0 Å². The molecule has 2 aromatic rings. The molecule has 0 atom stereocenters. The quantitative estimate of drug-likeness (QED) is 0.647. The van der Waals surface area contributed by atoms with E-state index in [0.29, 0.717) is 10.7 Å². The lowest BCUT2D eigenvalue weighted by atomic mass is 10.2. The first-order valence-corrected chi connectivity index (χ1v) is 6.64. The van der Waals surface area contributed by atoms with Gasteiger partial charge in [0.15, 0.2) is 0 Å². The molecular weight excluding hydrogens is 254 g/mol. The minimum Gasteiger partial charge on any atom is -0.398 e. The van der Waals surface area contributed by atoms with Gasteiger partial charge in [-0.25, -0.2) is 4.98 Å². The molecule has 0 aliphatic heterocycles. The molecule has 17 heavy (non-hydrogen) atoms. The van der Waals surface area contributed by atoms with Crippen LogP contribution in [0.1, 0.15) is 10.6 Å². The Hall–Kier alpha value is -1.10. The van der Waals surface area contributed by atoms with Crippen LogP contribution in [0.5, 0.6) is 0 Å². The van der Waals surface area contributed by atoms with E-state index in [9.17, 15) is 0 Å². The second kappa shape index (κ2) is 6.00. The first-order valence-electron chi connectivity index (χ1n) is 5.38. The summed E-state index contributed by atoms with van der Waals surface area (Å²) >= 11 is 7.54. The molecule has 0 saturated carbocycles. The van der Waals surface area contributed by atoms with Gasteiger partial charge in [0.05, 0.1) is 15.7 Å². The number of nitrogens with one attached hydrogen (secondary N) is 1. The highest BCUT2D eigenvalue weighted by molar-refractivity contribution is 7.09. The molecule has 0 saturated heterocycles. The van der Waals surface area contributed by atoms with Crippen LogP contribution in [0.4, 0.5) is 5.69 Å². The van der Waals surface area contributed by atoms with Crippen molar-refractivity contribution in [1.29, 1.82) is 0 Å². The zero-order chi connectivity index (χ0) is 12.1. The number of rotatable bonds is 5. The van der Waals surface area contributed by atoms with Crippen LogP contribution in [-0.2, 0) is 13.0 Å². The molecule has 0 fully saturated rings. The van der Waals surface area contributed by atoms with Gasteiger partial charge in [0.25, 0.3) is 0 Å². The number of hydrogen-bond donors (Lipinski definition) is 2. The lowest BCUT2D eigenvalue weighted by molar-refractivity contribution is 0.685. The molecule has 0 aliphatic carbocycles. The molecule has 1 heterocycles. The summed E-state index contributed by atoms with van der Waals surface area (Å²) in [5, 5.41) is 7.12. The van der Waals surface area contributed by atoms with Gasteiger partial charge in [-0.3, -0.25) is 0 Å². The van der Waals surface area contributed by atoms with Gasteiger partial charge < -0.3 is 11.1 Å². The number of nitrogens with two attached hydrogens (primary N) is 1. The number of halogens is 1. The van der Waals surface area contributed by atoms with Crippen LogP contribution in [0, 0.1) is 0 Å². The van der Waals surface area contributed by atoms with E-state index >= 15 is 0 Å². The molecule has 0 aliphatic rings. The Kier molecular flexibility index (Phi) is 4.36. The monoisotopic (exact) mass is 267 g/mol. The van der Waals surface area contributed by atoms with Crippen molar-refractivity contribution in [2.24, 2.45) is 0 Å². The Labute approximate surface area is 110 Å². The molecule has 0 radical (unpaired) electrons. The van der Waals surface area contributed by atoms with Gasteiger partial charge in [0, 0.05) is 31.1 Å². The Morgan fingerprint density at radius 3 is 3.00 bits per heavy atom. The second-order valence-corrected chi connectivity index (χ2v) is 5.09. The number of hydrogen-bond acceptors (Lipinski definition) is 4. The third kappa shape index (κ3) is 3.70. The van der Waals surface area contributed by atoms with Crippen molar-refractivity contribution in [3.63, 3.8) is 0 Å². The van der Waals surface area contributed by atoms with Crippen molar-refractivity contribution >= 4 is 28.6 Å². The summed E-state index contributed by atoms with van der Waals surface area (Å²) in [7, 11) is 0. The van der Waals surface area contributed by atoms with Crippen LogP contribution in [0.2, 0.25) is 5.02 Å². The molecule has 90 valence electrons. The molecule has 1 aromatic heterocycles. The van der Waals surface area contributed by atoms with Crippen LogP contribution in [0.3, 0.4) is 0 Å². The highest BCUT2D eigenvalue weighted by Crippen LogP contribution is 2.19. The van der Waals surface area contributed by atoms with Crippen molar-refractivity contribution in [1.82, 2.24) is 10.3 Å². The Morgan fingerprint density at radius 2 is 2.29 bits per heavy atom.